The summed E-state index contributed by atoms with van der Waals surface area (Å²) in [5.74, 6) is 0.628. The van der Waals surface area contributed by atoms with Gasteiger partial charge in [-0.05, 0) is 37.8 Å². The number of aromatic amines is 1. The van der Waals surface area contributed by atoms with Gasteiger partial charge in [0.25, 0.3) is 0 Å². The van der Waals surface area contributed by atoms with Gasteiger partial charge in [-0.15, -0.1) is 0 Å². The highest BCUT2D eigenvalue weighted by molar-refractivity contribution is 5.97. The van der Waals surface area contributed by atoms with Gasteiger partial charge in [-0.25, -0.2) is 4.98 Å². The van der Waals surface area contributed by atoms with Crippen LogP contribution in [0.2, 0.25) is 0 Å². The molecule has 1 saturated heterocycles. The highest BCUT2D eigenvalue weighted by atomic mass is 19.1. The Kier molecular flexibility index (Phi) is 4.14. The number of imidazole rings is 1. The summed E-state index contributed by atoms with van der Waals surface area (Å²) < 4.78 is 26.5. The van der Waals surface area contributed by atoms with Crippen molar-refractivity contribution in [1.82, 2.24) is 24.3 Å². The summed E-state index contributed by atoms with van der Waals surface area (Å²) >= 11 is 0. The first kappa shape index (κ1) is 18.6. The number of hydrogen-bond donors (Lipinski definition) is 2. The van der Waals surface area contributed by atoms with Gasteiger partial charge in [0, 0.05) is 35.0 Å². The maximum Gasteiger partial charge on any atom is 0.228 e. The molecule has 0 atom stereocenters. The van der Waals surface area contributed by atoms with Gasteiger partial charge >= 0.3 is 0 Å². The number of pyridine rings is 1. The number of methoxy groups -OCH3 is 1. The van der Waals surface area contributed by atoms with Gasteiger partial charge in [-0.3, -0.25) is 4.40 Å². The van der Waals surface area contributed by atoms with Crippen LogP contribution in [0, 0.1) is 11.4 Å². The Morgan fingerprint density at radius 2 is 2.10 bits per heavy atom. The number of halogens is 1. The predicted molar refractivity (Wildman–Crippen MR) is 114 cm³/mol. The number of fused-ring (bicyclic) bond motifs is 2. The lowest BCUT2D eigenvalue weighted by molar-refractivity contribution is -0.131. The van der Waals surface area contributed by atoms with E-state index in [0.29, 0.717) is 34.6 Å². The molecule has 5 heterocycles. The number of nitrogens with zero attached hydrogens (tertiary/aromatic N) is 4. The van der Waals surface area contributed by atoms with Gasteiger partial charge < -0.3 is 19.8 Å². The second-order valence-electron chi connectivity index (χ2n) is 8.62. The summed E-state index contributed by atoms with van der Waals surface area (Å²) in [7, 11) is 1.60. The third-order valence-corrected chi connectivity index (χ3v) is 6.66. The minimum atomic E-state index is -0.408. The first-order valence-electron chi connectivity index (χ1n) is 10.5. The Hall–Kier alpha value is -3.20. The summed E-state index contributed by atoms with van der Waals surface area (Å²) in [6, 6.07) is 4.02. The third kappa shape index (κ3) is 3.03. The van der Waals surface area contributed by atoms with E-state index < -0.39 is 5.95 Å². The van der Waals surface area contributed by atoms with Gasteiger partial charge in [-0.1, -0.05) is 0 Å². The fourth-order valence-corrected chi connectivity index (χ4v) is 4.79. The Balaban J connectivity index is 1.32. The number of H-pyrrole nitrogens is 1. The Bertz CT molecular complexity index is 1270. The van der Waals surface area contributed by atoms with Gasteiger partial charge in [-0.2, -0.15) is 14.4 Å². The maximum atomic E-state index is 14.0. The van der Waals surface area contributed by atoms with Crippen molar-refractivity contribution in [3.8, 4) is 17.0 Å². The topological polar surface area (TPSA) is 89.4 Å². The van der Waals surface area contributed by atoms with Crippen molar-refractivity contribution in [2.24, 2.45) is 5.41 Å². The Morgan fingerprint density at radius 3 is 2.84 bits per heavy atom. The summed E-state index contributed by atoms with van der Waals surface area (Å²) in [6.45, 7) is 1.80. The summed E-state index contributed by atoms with van der Waals surface area (Å²) in [4.78, 5) is 16.6. The largest absolute Gasteiger partial charge is 0.480 e. The molecule has 1 aliphatic heterocycles. The molecule has 4 aromatic rings. The minimum absolute atomic E-state index is 0.342. The van der Waals surface area contributed by atoms with E-state index in [-0.39, 0.29) is 0 Å². The van der Waals surface area contributed by atoms with Crippen LogP contribution in [0.1, 0.15) is 25.7 Å². The van der Waals surface area contributed by atoms with Crippen molar-refractivity contribution in [1.29, 1.82) is 0 Å². The number of ether oxygens (including phenoxy) is 2. The SMILES string of the molecule is COc1nc(NC2CCC3(CC2)COC3)nc2[nH]cc(-c3ccc4ncc(F)n4c3)c12. The number of anilines is 1. The first-order chi connectivity index (χ1) is 15.1. The molecule has 1 saturated carbocycles. The van der Waals surface area contributed by atoms with Gasteiger partial charge in [0.2, 0.25) is 17.8 Å². The van der Waals surface area contributed by atoms with E-state index in [4.69, 9.17) is 9.47 Å². The Labute approximate surface area is 177 Å². The average molecular weight is 422 g/mol. The zero-order valence-corrected chi connectivity index (χ0v) is 17.2. The third-order valence-electron chi connectivity index (χ3n) is 6.66. The van der Waals surface area contributed by atoms with Crippen molar-refractivity contribution < 1.29 is 13.9 Å². The molecule has 1 aliphatic carbocycles. The van der Waals surface area contributed by atoms with Crippen LogP contribution in [0.5, 0.6) is 5.88 Å². The van der Waals surface area contributed by atoms with Crippen LogP contribution in [-0.4, -0.2) is 50.7 Å². The van der Waals surface area contributed by atoms with Crippen molar-refractivity contribution in [3.63, 3.8) is 0 Å². The van der Waals surface area contributed by atoms with Crippen molar-refractivity contribution >= 4 is 22.6 Å². The molecule has 31 heavy (non-hydrogen) atoms. The number of nitrogens with one attached hydrogen (secondary N) is 2. The molecule has 1 spiro atoms. The molecule has 0 unspecified atom stereocenters. The molecule has 0 amide bonds. The van der Waals surface area contributed by atoms with Crippen LogP contribution in [0.4, 0.5) is 10.3 Å². The fraction of sp³-hybridized carbons (Fsp3) is 0.409. The van der Waals surface area contributed by atoms with E-state index in [1.165, 1.54) is 23.4 Å². The molecular weight excluding hydrogens is 399 g/mol. The predicted octanol–water partition coefficient (Wildman–Crippen LogP) is 3.79. The quantitative estimate of drug-likeness (QED) is 0.520. The second kappa shape index (κ2) is 6.91. The number of hydrogen-bond acceptors (Lipinski definition) is 6. The van der Waals surface area contributed by atoms with E-state index in [1.54, 1.807) is 19.4 Å². The summed E-state index contributed by atoms with van der Waals surface area (Å²) in [5.41, 5.74) is 3.30. The lowest BCUT2D eigenvalue weighted by atomic mass is 9.71. The highest BCUT2D eigenvalue weighted by Gasteiger charge is 2.41. The summed E-state index contributed by atoms with van der Waals surface area (Å²) in [6.07, 6.45) is 9.28. The highest BCUT2D eigenvalue weighted by Crippen LogP contribution is 2.43. The molecule has 0 aromatic carbocycles. The maximum absolute atomic E-state index is 14.0. The molecule has 2 aliphatic rings. The summed E-state index contributed by atoms with van der Waals surface area (Å²) in [5, 5.41) is 4.25. The van der Waals surface area contributed by atoms with E-state index in [0.717, 1.165) is 42.6 Å². The molecule has 0 radical (unpaired) electrons. The first-order valence-corrected chi connectivity index (χ1v) is 10.5. The zero-order chi connectivity index (χ0) is 21.0. The molecule has 0 bridgehead atoms. The number of aromatic nitrogens is 5. The van der Waals surface area contributed by atoms with Crippen LogP contribution >= 0.6 is 0 Å². The molecule has 9 heteroatoms. The lowest BCUT2D eigenvalue weighted by Gasteiger charge is -2.46. The monoisotopic (exact) mass is 422 g/mol. The van der Waals surface area contributed by atoms with Crippen molar-refractivity contribution in [3.05, 3.63) is 36.7 Å². The average Bonchev–Trinajstić information content (AvgIpc) is 3.36. The van der Waals surface area contributed by atoms with E-state index >= 15 is 0 Å². The number of rotatable bonds is 4. The second-order valence-corrected chi connectivity index (χ2v) is 8.62. The zero-order valence-electron chi connectivity index (χ0n) is 17.2. The van der Waals surface area contributed by atoms with Crippen LogP contribution in [-0.2, 0) is 4.74 Å². The van der Waals surface area contributed by atoms with E-state index in [2.05, 4.69) is 25.3 Å². The smallest absolute Gasteiger partial charge is 0.228 e. The van der Waals surface area contributed by atoms with Gasteiger partial charge in [0.05, 0.1) is 31.9 Å². The standard InChI is InChI=1S/C22H23FN6O2/c1-30-20-18-15(13-2-3-17-24-9-16(23)29(17)10-13)8-25-19(18)27-21(28-20)26-14-4-6-22(7-5-14)11-31-12-22/h2-3,8-10,14H,4-7,11-12H2,1H3,(H2,25,26,27,28). The van der Waals surface area contributed by atoms with Gasteiger partial charge in [0.1, 0.15) is 11.3 Å². The van der Waals surface area contributed by atoms with Crippen LogP contribution in [0.3, 0.4) is 0 Å². The van der Waals surface area contributed by atoms with Gasteiger partial charge in [0.15, 0.2) is 0 Å². The fourth-order valence-electron chi connectivity index (χ4n) is 4.79. The molecular formula is C22H23FN6O2. The lowest BCUT2D eigenvalue weighted by Crippen LogP contribution is -2.47. The van der Waals surface area contributed by atoms with E-state index in [1.807, 2.05) is 12.3 Å². The molecule has 6 rings (SSSR count). The minimum Gasteiger partial charge on any atom is -0.480 e. The van der Waals surface area contributed by atoms with Crippen LogP contribution in [0.15, 0.2) is 30.7 Å². The van der Waals surface area contributed by atoms with Crippen molar-refractivity contribution in [2.75, 3.05) is 25.6 Å². The van der Waals surface area contributed by atoms with E-state index in [9.17, 15) is 4.39 Å². The van der Waals surface area contributed by atoms with Crippen molar-refractivity contribution in [2.45, 2.75) is 31.7 Å². The van der Waals surface area contributed by atoms with Crippen LogP contribution in [0.25, 0.3) is 27.8 Å². The molecule has 2 fully saturated rings. The van der Waals surface area contributed by atoms with Crippen LogP contribution < -0.4 is 10.1 Å². The molecule has 4 aromatic heterocycles. The Morgan fingerprint density at radius 1 is 1.26 bits per heavy atom. The molecule has 160 valence electrons. The molecule has 2 N–H and O–H groups in total. The molecule has 8 nitrogen and oxygen atoms in total. The normalized spacial score (nSPS) is 18.5.